The first kappa shape index (κ1) is 16.4. The molecule has 0 bridgehead atoms. The van der Waals surface area contributed by atoms with Crippen molar-refractivity contribution in [1.29, 1.82) is 0 Å². The van der Waals surface area contributed by atoms with Gasteiger partial charge in [0.05, 0.1) is 0 Å². The second-order valence-electron chi connectivity index (χ2n) is 5.38. The Labute approximate surface area is 136 Å². The number of benzene rings is 1. The highest BCUT2D eigenvalue weighted by molar-refractivity contribution is 6.35. The summed E-state index contributed by atoms with van der Waals surface area (Å²) in [6, 6.07) is 8.12. The summed E-state index contributed by atoms with van der Waals surface area (Å²) in [5, 5.41) is 4.99. The topological polar surface area (TPSA) is 25.2 Å². The number of halogens is 2. The maximum Gasteiger partial charge on any atom is 0.105 e. The van der Waals surface area contributed by atoms with Gasteiger partial charge in [0.1, 0.15) is 11.5 Å². The van der Waals surface area contributed by atoms with Crippen molar-refractivity contribution < 1.29 is 4.42 Å². The number of nitrogens with one attached hydrogen (secondary N) is 1. The summed E-state index contributed by atoms with van der Waals surface area (Å²) < 4.78 is 5.61. The molecule has 2 atom stereocenters. The van der Waals surface area contributed by atoms with Crippen LogP contribution in [0.15, 0.2) is 28.7 Å². The van der Waals surface area contributed by atoms with E-state index in [1.54, 1.807) is 6.07 Å². The van der Waals surface area contributed by atoms with Crippen molar-refractivity contribution in [2.45, 2.75) is 46.2 Å². The van der Waals surface area contributed by atoms with Crippen LogP contribution in [0.3, 0.4) is 0 Å². The highest BCUT2D eigenvalue weighted by Crippen LogP contribution is 2.31. The molecular formula is C17H21Cl2NO. The van der Waals surface area contributed by atoms with Gasteiger partial charge in [-0.25, -0.2) is 0 Å². The third kappa shape index (κ3) is 3.82. The third-order valence-electron chi connectivity index (χ3n) is 3.74. The van der Waals surface area contributed by atoms with Gasteiger partial charge < -0.3 is 9.73 Å². The van der Waals surface area contributed by atoms with Crippen molar-refractivity contribution in [2.24, 2.45) is 0 Å². The molecule has 1 N–H and O–H groups in total. The van der Waals surface area contributed by atoms with Crippen LogP contribution in [0.4, 0.5) is 0 Å². The largest absolute Gasteiger partial charge is 0.466 e. The minimum Gasteiger partial charge on any atom is -0.466 e. The number of rotatable bonds is 5. The van der Waals surface area contributed by atoms with Crippen LogP contribution >= 0.6 is 23.2 Å². The molecule has 0 amide bonds. The zero-order valence-electron chi connectivity index (χ0n) is 12.8. The molecule has 2 rings (SSSR count). The van der Waals surface area contributed by atoms with Crippen molar-refractivity contribution in [3.05, 3.63) is 57.0 Å². The van der Waals surface area contributed by atoms with Crippen LogP contribution in [0.1, 0.15) is 55.0 Å². The van der Waals surface area contributed by atoms with E-state index in [-0.39, 0.29) is 12.1 Å². The van der Waals surface area contributed by atoms with Crippen LogP contribution in [0.25, 0.3) is 0 Å². The van der Waals surface area contributed by atoms with E-state index >= 15 is 0 Å². The number of furan rings is 1. The van der Waals surface area contributed by atoms with Gasteiger partial charge in [-0.05, 0) is 51.0 Å². The summed E-state index contributed by atoms with van der Waals surface area (Å²) >= 11 is 12.3. The molecule has 0 aliphatic rings. The molecule has 1 heterocycles. The van der Waals surface area contributed by atoms with Gasteiger partial charge in [0.15, 0.2) is 0 Å². The van der Waals surface area contributed by atoms with Crippen molar-refractivity contribution >= 4 is 23.2 Å². The van der Waals surface area contributed by atoms with Crippen LogP contribution in [-0.4, -0.2) is 0 Å². The number of hydrogen-bond acceptors (Lipinski definition) is 2. The number of aryl methyl sites for hydroxylation is 2. The maximum absolute atomic E-state index is 6.32. The van der Waals surface area contributed by atoms with Crippen LogP contribution < -0.4 is 5.32 Å². The average molecular weight is 326 g/mol. The van der Waals surface area contributed by atoms with Crippen molar-refractivity contribution in [2.75, 3.05) is 0 Å². The van der Waals surface area contributed by atoms with Crippen molar-refractivity contribution in [3.63, 3.8) is 0 Å². The van der Waals surface area contributed by atoms with E-state index in [0.717, 1.165) is 23.5 Å². The van der Waals surface area contributed by atoms with Crippen LogP contribution in [0.5, 0.6) is 0 Å². The molecule has 1 aromatic heterocycles. The molecule has 2 nitrogen and oxygen atoms in total. The predicted octanol–water partition coefficient (Wildman–Crippen LogP) is 6.01. The lowest BCUT2D eigenvalue weighted by Crippen LogP contribution is -2.24. The lowest BCUT2D eigenvalue weighted by Gasteiger charge is -2.23. The average Bonchev–Trinajstić information content (AvgIpc) is 2.75. The van der Waals surface area contributed by atoms with E-state index < -0.39 is 0 Å². The van der Waals surface area contributed by atoms with Gasteiger partial charge in [0, 0.05) is 27.7 Å². The highest BCUT2D eigenvalue weighted by Gasteiger charge is 2.19. The van der Waals surface area contributed by atoms with E-state index in [2.05, 4.69) is 25.2 Å². The van der Waals surface area contributed by atoms with Gasteiger partial charge in [-0.3, -0.25) is 0 Å². The van der Waals surface area contributed by atoms with E-state index in [1.807, 2.05) is 26.0 Å². The van der Waals surface area contributed by atoms with E-state index in [9.17, 15) is 0 Å². The zero-order valence-corrected chi connectivity index (χ0v) is 14.3. The van der Waals surface area contributed by atoms with Gasteiger partial charge in [-0.1, -0.05) is 36.2 Å². The summed E-state index contributed by atoms with van der Waals surface area (Å²) in [7, 11) is 0. The summed E-state index contributed by atoms with van der Waals surface area (Å²) in [6.45, 7) is 8.25. The van der Waals surface area contributed by atoms with E-state index in [1.165, 1.54) is 5.56 Å². The fourth-order valence-corrected chi connectivity index (χ4v) is 3.22. The molecular weight excluding hydrogens is 305 g/mol. The minimum atomic E-state index is 0.180. The normalized spacial score (nSPS) is 14.2. The Morgan fingerprint density at radius 3 is 2.38 bits per heavy atom. The molecule has 1 aromatic carbocycles. The van der Waals surface area contributed by atoms with Crippen LogP contribution in [0, 0.1) is 13.8 Å². The first-order valence-corrected chi connectivity index (χ1v) is 7.95. The van der Waals surface area contributed by atoms with Gasteiger partial charge in [0.2, 0.25) is 0 Å². The molecule has 2 unspecified atom stereocenters. The molecule has 21 heavy (non-hydrogen) atoms. The molecule has 2 aromatic rings. The van der Waals surface area contributed by atoms with Crippen molar-refractivity contribution in [3.8, 4) is 0 Å². The van der Waals surface area contributed by atoms with Gasteiger partial charge >= 0.3 is 0 Å². The molecule has 0 spiro atoms. The zero-order chi connectivity index (χ0) is 15.6. The Kier molecular flexibility index (Phi) is 5.37. The molecule has 0 saturated carbocycles. The standard InChI is InChI=1S/C17H21Cl2NO/c1-5-17(14-7-6-13(18)9-16(14)19)20-11(3)15-8-10(2)21-12(15)4/h6-9,11,17,20H,5H2,1-4H3. The quantitative estimate of drug-likeness (QED) is 0.728. The third-order valence-corrected chi connectivity index (χ3v) is 4.31. The fraction of sp³-hybridized carbons (Fsp3) is 0.412. The SMILES string of the molecule is CCC(NC(C)c1cc(C)oc1C)c1ccc(Cl)cc1Cl. The summed E-state index contributed by atoms with van der Waals surface area (Å²) in [4.78, 5) is 0. The summed E-state index contributed by atoms with van der Waals surface area (Å²) in [5.41, 5.74) is 2.27. The Bertz CT molecular complexity index is 621. The van der Waals surface area contributed by atoms with Crippen molar-refractivity contribution in [1.82, 2.24) is 5.32 Å². The van der Waals surface area contributed by atoms with E-state index in [4.69, 9.17) is 27.6 Å². The second kappa shape index (κ2) is 6.87. The Hall–Kier alpha value is -0.960. The summed E-state index contributed by atoms with van der Waals surface area (Å²) in [6.07, 6.45) is 0.946. The molecule has 0 aliphatic carbocycles. The lowest BCUT2D eigenvalue weighted by molar-refractivity contribution is 0.444. The maximum atomic E-state index is 6.32. The highest BCUT2D eigenvalue weighted by atomic mass is 35.5. The fourth-order valence-electron chi connectivity index (χ4n) is 2.68. The predicted molar refractivity (Wildman–Crippen MR) is 89.2 cm³/mol. The molecule has 0 saturated heterocycles. The summed E-state index contributed by atoms with van der Waals surface area (Å²) in [5.74, 6) is 1.90. The monoisotopic (exact) mass is 325 g/mol. The van der Waals surface area contributed by atoms with Gasteiger partial charge in [0.25, 0.3) is 0 Å². The molecule has 114 valence electrons. The first-order chi connectivity index (χ1) is 9.92. The smallest absolute Gasteiger partial charge is 0.105 e. The van der Waals surface area contributed by atoms with E-state index in [0.29, 0.717) is 10.0 Å². The molecule has 0 aliphatic heterocycles. The Morgan fingerprint density at radius 1 is 1.14 bits per heavy atom. The Morgan fingerprint density at radius 2 is 1.86 bits per heavy atom. The second-order valence-corrected chi connectivity index (χ2v) is 6.23. The van der Waals surface area contributed by atoms with Crippen LogP contribution in [0.2, 0.25) is 10.0 Å². The van der Waals surface area contributed by atoms with Gasteiger partial charge in [-0.2, -0.15) is 0 Å². The molecule has 0 radical (unpaired) electrons. The van der Waals surface area contributed by atoms with Gasteiger partial charge in [-0.15, -0.1) is 0 Å². The Balaban J connectivity index is 2.20. The minimum absolute atomic E-state index is 0.180. The number of hydrogen-bond donors (Lipinski definition) is 1. The molecule has 4 heteroatoms. The lowest BCUT2D eigenvalue weighted by atomic mass is 10.0. The van der Waals surface area contributed by atoms with Crippen LogP contribution in [-0.2, 0) is 0 Å². The first-order valence-electron chi connectivity index (χ1n) is 7.20. The molecule has 0 fully saturated rings.